The van der Waals surface area contributed by atoms with E-state index in [0.717, 1.165) is 0 Å². The van der Waals surface area contributed by atoms with Crippen molar-refractivity contribution in [2.45, 2.75) is 6.43 Å². The minimum absolute atomic E-state index is 0.00491. The summed E-state index contributed by atoms with van der Waals surface area (Å²) in [7, 11) is 0. The van der Waals surface area contributed by atoms with E-state index in [1.807, 2.05) is 0 Å². The topological polar surface area (TPSA) is 0 Å². The van der Waals surface area contributed by atoms with Gasteiger partial charge < -0.3 is 0 Å². The van der Waals surface area contributed by atoms with Gasteiger partial charge in [-0.15, -0.1) is 0 Å². The van der Waals surface area contributed by atoms with Gasteiger partial charge in [0, 0.05) is 5.56 Å². The van der Waals surface area contributed by atoms with Gasteiger partial charge in [-0.1, -0.05) is 58.5 Å². The Morgan fingerprint density at radius 3 is 1.95 bits per heavy atom. The van der Waals surface area contributed by atoms with Crippen molar-refractivity contribution >= 4 is 46.4 Å². The lowest BCUT2D eigenvalue weighted by atomic mass is 10.00. The summed E-state index contributed by atoms with van der Waals surface area (Å²) in [6, 6.07) is 7.48. The molecule has 0 radical (unpaired) electrons. The summed E-state index contributed by atoms with van der Waals surface area (Å²) < 4.78 is 26.2. The van der Waals surface area contributed by atoms with Crippen LogP contribution in [0.25, 0.3) is 11.1 Å². The second-order valence-corrected chi connectivity index (χ2v) is 5.36. The summed E-state index contributed by atoms with van der Waals surface area (Å²) in [5.41, 5.74) is 0.471. The van der Waals surface area contributed by atoms with E-state index in [9.17, 15) is 8.78 Å². The Kier molecular flexibility index (Phi) is 4.57. The van der Waals surface area contributed by atoms with Crippen molar-refractivity contribution in [2.24, 2.45) is 0 Å². The number of hydrogen-bond acceptors (Lipinski definition) is 0. The third-order valence-corrected chi connectivity index (χ3v) is 4.09. The van der Waals surface area contributed by atoms with Crippen molar-refractivity contribution in [3.05, 3.63) is 56.0 Å². The van der Waals surface area contributed by atoms with Crippen molar-refractivity contribution in [1.29, 1.82) is 0 Å². The van der Waals surface area contributed by atoms with Crippen molar-refractivity contribution in [3.63, 3.8) is 0 Å². The van der Waals surface area contributed by atoms with E-state index in [1.165, 1.54) is 24.3 Å². The number of alkyl halides is 2. The van der Waals surface area contributed by atoms with Crippen LogP contribution in [0.4, 0.5) is 8.78 Å². The zero-order chi connectivity index (χ0) is 14.2. The molecule has 2 aromatic carbocycles. The number of rotatable bonds is 2. The first-order valence-corrected chi connectivity index (χ1v) is 6.64. The van der Waals surface area contributed by atoms with Gasteiger partial charge >= 0.3 is 0 Å². The average molecular weight is 342 g/mol. The molecule has 2 aromatic rings. The summed E-state index contributed by atoms with van der Waals surface area (Å²) in [5.74, 6) is 0. The number of benzene rings is 2. The SMILES string of the molecule is FC(F)c1c(Cl)cccc1-c1cc(Cl)c(Cl)c(Cl)c1. The molecule has 0 aromatic heterocycles. The average Bonchev–Trinajstić information content (AvgIpc) is 2.34. The highest BCUT2D eigenvalue weighted by Gasteiger charge is 2.19. The molecule has 0 nitrogen and oxygen atoms in total. The van der Waals surface area contributed by atoms with Gasteiger partial charge in [-0.2, -0.15) is 0 Å². The third-order valence-electron chi connectivity index (χ3n) is 2.57. The zero-order valence-corrected chi connectivity index (χ0v) is 12.3. The highest BCUT2D eigenvalue weighted by molar-refractivity contribution is 6.48. The smallest absolute Gasteiger partial charge is 0.205 e. The van der Waals surface area contributed by atoms with Crippen molar-refractivity contribution in [2.75, 3.05) is 0 Å². The van der Waals surface area contributed by atoms with Gasteiger partial charge in [0.2, 0.25) is 0 Å². The van der Waals surface area contributed by atoms with Crippen LogP contribution in [0.15, 0.2) is 30.3 Å². The lowest BCUT2D eigenvalue weighted by Gasteiger charge is -2.12. The zero-order valence-electron chi connectivity index (χ0n) is 9.23. The minimum Gasteiger partial charge on any atom is -0.205 e. The Bertz CT molecular complexity index is 603. The van der Waals surface area contributed by atoms with Gasteiger partial charge in [-0.3, -0.25) is 0 Å². The molecule has 0 saturated heterocycles. The highest BCUT2D eigenvalue weighted by Crippen LogP contribution is 2.40. The molecule has 100 valence electrons. The van der Waals surface area contributed by atoms with E-state index in [-0.39, 0.29) is 31.2 Å². The van der Waals surface area contributed by atoms with Gasteiger partial charge in [0.05, 0.1) is 20.1 Å². The Hall–Kier alpha value is -0.540. The summed E-state index contributed by atoms with van der Waals surface area (Å²) >= 11 is 23.5. The van der Waals surface area contributed by atoms with Crippen LogP contribution in [0.2, 0.25) is 20.1 Å². The minimum atomic E-state index is -2.70. The fourth-order valence-electron chi connectivity index (χ4n) is 1.72. The third kappa shape index (κ3) is 2.97. The largest absolute Gasteiger partial charge is 0.265 e. The van der Waals surface area contributed by atoms with Crippen LogP contribution in [-0.2, 0) is 0 Å². The van der Waals surface area contributed by atoms with E-state index in [2.05, 4.69) is 0 Å². The number of hydrogen-bond donors (Lipinski definition) is 0. The fourth-order valence-corrected chi connectivity index (χ4v) is 2.57. The van der Waals surface area contributed by atoms with Crippen LogP contribution < -0.4 is 0 Å². The molecular formula is C13H6Cl4F2. The lowest BCUT2D eigenvalue weighted by Crippen LogP contribution is -1.92. The van der Waals surface area contributed by atoms with Crippen LogP contribution in [0.5, 0.6) is 0 Å². The first-order valence-electron chi connectivity index (χ1n) is 5.13. The predicted octanol–water partition coefficient (Wildman–Crippen LogP) is 6.90. The Morgan fingerprint density at radius 1 is 0.842 bits per heavy atom. The molecule has 0 aliphatic carbocycles. The quantitative estimate of drug-likeness (QED) is 0.521. The van der Waals surface area contributed by atoms with E-state index in [4.69, 9.17) is 46.4 Å². The van der Waals surface area contributed by atoms with Crippen LogP contribution in [-0.4, -0.2) is 0 Å². The molecule has 0 aliphatic heterocycles. The van der Waals surface area contributed by atoms with Gasteiger partial charge in [0.25, 0.3) is 6.43 Å². The predicted molar refractivity (Wildman–Crippen MR) is 76.9 cm³/mol. The molecule has 6 heteroatoms. The molecule has 0 bridgehead atoms. The molecular weight excluding hydrogens is 336 g/mol. The summed E-state index contributed by atoms with van der Waals surface area (Å²) in [5, 5.41) is 0.580. The van der Waals surface area contributed by atoms with Gasteiger partial charge in [-0.25, -0.2) is 8.78 Å². The number of halogens is 6. The second-order valence-electron chi connectivity index (χ2n) is 3.76. The maximum absolute atomic E-state index is 13.1. The van der Waals surface area contributed by atoms with Gasteiger partial charge in [0.15, 0.2) is 0 Å². The maximum atomic E-state index is 13.1. The summed E-state index contributed by atoms with van der Waals surface area (Å²) in [6.45, 7) is 0. The summed E-state index contributed by atoms with van der Waals surface area (Å²) in [6.07, 6.45) is -2.70. The Labute approximate surface area is 128 Å². The molecule has 0 atom stereocenters. The maximum Gasteiger partial charge on any atom is 0.265 e. The van der Waals surface area contributed by atoms with E-state index >= 15 is 0 Å². The lowest BCUT2D eigenvalue weighted by molar-refractivity contribution is 0.152. The van der Waals surface area contributed by atoms with E-state index in [0.29, 0.717) is 5.56 Å². The molecule has 0 saturated carbocycles. The first kappa shape index (κ1) is 14.9. The molecule has 19 heavy (non-hydrogen) atoms. The van der Waals surface area contributed by atoms with Crippen LogP contribution in [0.3, 0.4) is 0 Å². The second kappa shape index (κ2) is 5.84. The van der Waals surface area contributed by atoms with Crippen molar-refractivity contribution in [3.8, 4) is 11.1 Å². The van der Waals surface area contributed by atoms with Crippen molar-refractivity contribution in [1.82, 2.24) is 0 Å². The molecule has 0 spiro atoms. The van der Waals surface area contributed by atoms with Gasteiger partial charge in [-0.05, 0) is 29.3 Å². The molecule has 0 heterocycles. The molecule has 0 aliphatic rings. The van der Waals surface area contributed by atoms with E-state index in [1.54, 1.807) is 6.07 Å². The molecule has 0 fully saturated rings. The normalized spacial score (nSPS) is 11.1. The summed E-state index contributed by atoms with van der Waals surface area (Å²) in [4.78, 5) is 0. The standard InChI is InChI=1S/C13H6Cl4F2/c14-8-3-1-2-7(11(8)13(18)19)6-4-9(15)12(17)10(16)5-6/h1-5,13H. The Morgan fingerprint density at radius 2 is 1.42 bits per heavy atom. The fraction of sp³-hybridized carbons (Fsp3) is 0.0769. The van der Waals surface area contributed by atoms with Crippen LogP contribution in [0, 0.1) is 0 Å². The first-order chi connectivity index (χ1) is 8.91. The molecule has 0 N–H and O–H groups in total. The van der Waals surface area contributed by atoms with E-state index < -0.39 is 6.43 Å². The highest BCUT2D eigenvalue weighted by atomic mass is 35.5. The van der Waals surface area contributed by atoms with Crippen LogP contribution >= 0.6 is 46.4 Å². The van der Waals surface area contributed by atoms with Crippen molar-refractivity contribution < 1.29 is 8.78 Å². The van der Waals surface area contributed by atoms with Gasteiger partial charge in [0.1, 0.15) is 0 Å². The monoisotopic (exact) mass is 340 g/mol. The molecule has 0 unspecified atom stereocenters. The van der Waals surface area contributed by atoms with Crippen LogP contribution in [0.1, 0.15) is 12.0 Å². The molecule has 0 amide bonds. The Balaban J connectivity index is 2.69. The molecule has 2 rings (SSSR count).